The van der Waals surface area contributed by atoms with Crippen LogP contribution in [0.5, 0.6) is 0 Å². The molecule has 1 fully saturated rings. The lowest BCUT2D eigenvalue weighted by molar-refractivity contribution is -0.124. The molecule has 3 N–H and O–H groups in total. The largest absolute Gasteiger partial charge is 0.464 e. The van der Waals surface area contributed by atoms with E-state index < -0.39 is 0 Å². The van der Waals surface area contributed by atoms with Gasteiger partial charge in [0.1, 0.15) is 11.5 Å². The Balaban J connectivity index is 1.91. The van der Waals surface area contributed by atoms with Crippen LogP contribution in [-0.4, -0.2) is 12.5 Å². The van der Waals surface area contributed by atoms with Gasteiger partial charge in [-0.1, -0.05) is 19.3 Å². The Morgan fingerprint density at radius 2 is 2.10 bits per heavy atom. The molecule has 1 unspecified atom stereocenters. The van der Waals surface area contributed by atoms with E-state index in [4.69, 9.17) is 10.2 Å². The van der Waals surface area contributed by atoms with Gasteiger partial charge in [-0.25, -0.2) is 0 Å². The van der Waals surface area contributed by atoms with E-state index >= 15 is 0 Å². The minimum atomic E-state index is -0.0883. The summed E-state index contributed by atoms with van der Waals surface area (Å²) in [5.41, 5.74) is 5.95. The van der Waals surface area contributed by atoms with Crippen molar-refractivity contribution >= 4 is 5.91 Å². The van der Waals surface area contributed by atoms with Crippen LogP contribution in [0.1, 0.15) is 63.0 Å². The molecule has 1 atom stereocenters. The molecule has 1 aromatic heterocycles. The van der Waals surface area contributed by atoms with Crippen LogP contribution in [0.2, 0.25) is 0 Å². The Kier molecular flexibility index (Phi) is 4.86. The number of carbonyl (C=O) groups excluding carboxylic acids is 1. The third-order valence-corrected chi connectivity index (χ3v) is 4.45. The summed E-state index contributed by atoms with van der Waals surface area (Å²) in [5, 5.41) is 3.03. The van der Waals surface area contributed by atoms with E-state index in [0.29, 0.717) is 13.0 Å². The molecule has 0 saturated heterocycles. The fourth-order valence-corrected chi connectivity index (χ4v) is 3.15. The van der Waals surface area contributed by atoms with Crippen molar-refractivity contribution < 1.29 is 9.21 Å². The highest BCUT2D eigenvalue weighted by molar-refractivity contribution is 5.77. The van der Waals surface area contributed by atoms with Crippen LogP contribution in [-0.2, 0) is 4.79 Å². The zero-order chi connectivity index (χ0) is 14.6. The minimum absolute atomic E-state index is 0.0150. The first-order valence-electron chi connectivity index (χ1n) is 7.60. The molecule has 0 aromatic carbocycles. The summed E-state index contributed by atoms with van der Waals surface area (Å²) in [5.74, 6) is 1.76. The van der Waals surface area contributed by atoms with Gasteiger partial charge in [0.25, 0.3) is 0 Å². The van der Waals surface area contributed by atoms with Crippen LogP contribution in [0.15, 0.2) is 16.5 Å². The number of hydrogen-bond acceptors (Lipinski definition) is 3. The molecule has 0 spiro atoms. The van der Waals surface area contributed by atoms with Crippen LogP contribution in [0.3, 0.4) is 0 Å². The first kappa shape index (κ1) is 15.1. The summed E-state index contributed by atoms with van der Waals surface area (Å²) >= 11 is 0. The third-order valence-electron chi connectivity index (χ3n) is 4.45. The van der Waals surface area contributed by atoms with Crippen molar-refractivity contribution in [1.82, 2.24) is 5.32 Å². The van der Waals surface area contributed by atoms with Crippen LogP contribution in [0, 0.1) is 12.3 Å². The maximum absolute atomic E-state index is 12.3. The first-order valence-corrected chi connectivity index (χ1v) is 7.60. The van der Waals surface area contributed by atoms with Crippen molar-refractivity contribution in [1.29, 1.82) is 0 Å². The first-order chi connectivity index (χ1) is 9.54. The lowest BCUT2D eigenvalue weighted by Crippen LogP contribution is -2.39. The Morgan fingerprint density at radius 1 is 1.40 bits per heavy atom. The molecule has 1 saturated carbocycles. The SMILES string of the molecule is Cc1ccc(C(C)NC(=O)CC2(CN)CCCCC2)o1. The van der Waals surface area contributed by atoms with Gasteiger partial charge in [-0.3, -0.25) is 4.79 Å². The summed E-state index contributed by atoms with van der Waals surface area (Å²) in [6, 6.07) is 3.75. The zero-order valence-electron chi connectivity index (χ0n) is 12.6. The van der Waals surface area contributed by atoms with Crippen molar-refractivity contribution in [2.45, 2.75) is 58.4 Å². The molecule has 112 valence electrons. The number of amides is 1. The van der Waals surface area contributed by atoms with Gasteiger partial charge in [-0.05, 0) is 50.8 Å². The Hall–Kier alpha value is -1.29. The highest BCUT2D eigenvalue weighted by Gasteiger charge is 2.33. The highest BCUT2D eigenvalue weighted by Crippen LogP contribution is 2.38. The Morgan fingerprint density at radius 3 is 2.65 bits per heavy atom. The van der Waals surface area contributed by atoms with Gasteiger partial charge in [-0.15, -0.1) is 0 Å². The van der Waals surface area contributed by atoms with E-state index in [1.165, 1.54) is 19.3 Å². The molecule has 0 radical (unpaired) electrons. The number of hydrogen-bond donors (Lipinski definition) is 2. The summed E-state index contributed by atoms with van der Waals surface area (Å²) in [6.45, 7) is 4.46. The second-order valence-corrected chi connectivity index (χ2v) is 6.18. The van der Waals surface area contributed by atoms with Crippen molar-refractivity contribution in [3.8, 4) is 0 Å². The average molecular weight is 278 g/mol. The zero-order valence-corrected chi connectivity index (χ0v) is 12.6. The van der Waals surface area contributed by atoms with Gasteiger partial charge in [0, 0.05) is 6.42 Å². The van der Waals surface area contributed by atoms with E-state index in [-0.39, 0.29) is 17.4 Å². The van der Waals surface area contributed by atoms with E-state index in [9.17, 15) is 4.79 Å². The summed E-state index contributed by atoms with van der Waals surface area (Å²) in [7, 11) is 0. The van der Waals surface area contributed by atoms with E-state index in [1.54, 1.807) is 0 Å². The summed E-state index contributed by atoms with van der Waals surface area (Å²) in [6.07, 6.45) is 6.34. The monoisotopic (exact) mass is 278 g/mol. The summed E-state index contributed by atoms with van der Waals surface area (Å²) in [4.78, 5) is 12.3. The number of carbonyl (C=O) groups is 1. The second kappa shape index (κ2) is 6.44. The molecule has 1 aliphatic carbocycles. The maximum Gasteiger partial charge on any atom is 0.221 e. The predicted molar refractivity (Wildman–Crippen MR) is 79.2 cm³/mol. The minimum Gasteiger partial charge on any atom is -0.464 e. The number of nitrogens with one attached hydrogen (secondary N) is 1. The van der Waals surface area contributed by atoms with Crippen molar-refractivity contribution in [2.75, 3.05) is 6.54 Å². The molecule has 1 heterocycles. The number of rotatable bonds is 5. The number of furan rings is 1. The molecule has 4 heteroatoms. The van der Waals surface area contributed by atoms with Crippen molar-refractivity contribution in [2.24, 2.45) is 11.1 Å². The van der Waals surface area contributed by atoms with Crippen LogP contribution < -0.4 is 11.1 Å². The standard InChI is InChI=1S/C16H26N2O2/c1-12-6-7-14(20-12)13(2)18-15(19)10-16(11-17)8-4-3-5-9-16/h6-7,13H,3-5,8-11,17H2,1-2H3,(H,18,19). The Bertz CT molecular complexity index is 447. The van der Waals surface area contributed by atoms with Crippen molar-refractivity contribution in [3.05, 3.63) is 23.7 Å². The van der Waals surface area contributed by atoms with Gasteiger partial charge < -0.3 is 15.5 Å². The predicted octanol–water partition coefficient (Wildman–Crippen LogP) is 3.06. The molecule has 1 amide bonds. The van der Waals surface area contributed by atoms with Gasteiger partial charge in [-0.2, -0.15) is 0 Å². The second-order valence-electron chi connectivity index (χ2n) is 6.18. The highest BCUT2D eigenvalue weighted by atomic mass is 16.3. The third kappa shape index (κ3) is 3.63. The summed E-state index contributed by atoms with van der Waals surface area (Å²) < 4.78 is 5.55. The lowest BCUT2D eigenvalue weighted by Gasteiger charge is -2.35. The molecule has 0 bridgehead atoms. The maximum atomic E-state index is 12.3. The molecule has 1 aromatic rings. The number of aryl methyl sites for hydroxylation is 1. The fourth-order valence-electron chi connectivity index (χ4n) is 3.15. The van der Waals surface area contributed by atoms with Crippen LogP contribution >= 0.6 is 0 Å². The van der Waals surface area contributed by atoms with E-state index in [1.807, 2.05) is 26.0 Å². The fraction of sp³-hybridized carbons (Fsp3) is 0.688. The quantitative estimate of drug-likeness (QED) is 0.869. The molecule has 1 aliphatic rings. The molecule has 20 heavy (non-hydrogen) atoms. The molecule has 0 aliphatic heterocycles. The van der Waals surface area contributed by atoms with Gasteiger partial charge in [0.15, 0.2) is 0 Å². The lowest BCUT2D eigenvalue weighted by atomic mass is 9.71. The molecule has 2 rings (SSSR count). The normalized spacial score (nSPS) is 19.6. The van der Waals surface area contributed by atoms with E-state index in [2.05, 4.69) is 5.32 Å². The Labute approximate surface area is 121 Å². The molecule has 4 nitrogen and oxygen atoms in total. The smallest absolute Gasteiger partial charge is 0.221 e. The van der Waals surface area contributed by atoms with Crippen LogP contribution in [0.25, 0.3) is 0 Å². The topological polar surface area (TPSA) is 68.3 Å². The van der Waals surface area contributed by atoms with Crippen molar-refractivity contribution in [3.63, 3.8) is 0 Å². The van der Waals surface area contributed by atoms with Gasteiger partial charge >= 0.3 is 0 Å². The van der Waals surface area contributed by atoms with Crippen LogP contribution in [0.4, 0.5) is 0 Å². The van der Waals surface area contributed by atoms with E-state index in [0.717, 1.165) is 24.4 Å². The average Bonchev–Trinajstić information content (AvgIpc) is 2.86. The molecular weight excluding hydrogens is 252 g/mol. The van der Waals surface area contributed by atoms with Gasteiger partial charge in [0.05, 0.1) is 6.04 Å². The molecular formula is C16H26N2O2. The van der Waals surface area contributed by atoms with Gasteiger partial charge in [0.2, 0.25) is 5.91 Å². The number of nitrogens with two attached hydrogens (primary N) is 1.